The molecule has 2 spiro atoms. The van der Waals surface area contributed by atoms with Gasteiger partial charge in [0, 0.05) is 17.0 Å². The van der Waals surface area contributed by atoms with Crippen LogP contribution in [0.3, 0.4) is 0 Å². The third-order valence-corrected chi connectivity index (χ3v) is 9.52. The Kier molecular flexibility index (Phi) is 6.83. The van der Waals surface area contributed by atoms with Gasteiger partial charge in [0.25, 0.3) is 5.91 Å². The van der Waals surface area contributed by atoms with Crippen molar-refractivity contribution in [1.29, 1.82) is 0 Å². The standard InChI is InChI=1S/C27H40FN7O2/c28-19-15-30-24-21(23(29)33-35(24)16-19)25(36)32-22-20(34-13-10-26(11-14-34)17-37-18-26)7-12-31-27(22)8-5-3-1-2-4-6-9-27/h15-16,20,22,31H,1-14,17-18H2,(H2,29,33)(H,32,36). The Morgan fingerprint density at radius 3 is 2.49 bits per heavy atom. The Hall–Kier alpha value is -2.30. The van der Waals surface area contributed by atoms with E-state index < -0.39 is 5.82 Å². The van der Waals surface area contributed by atoms with Crippen molar-refractivity contribution in [2.45, 2.75) is 88.3 Å². The molecule has 0 radical (unpaired) electrons. The molecule has 4 fully saturated rings. The van der Waals surface area contributed by atoms with E-state index in [1.54, 1.807) is 0 Å². The number of likely N-dealkylation sites (tertiary alicyclic amines) is 1. The number of ether oxygens (including phenoxy) is 1. The lowest BCUT2D eigenvalue weighted by Crippen LogP contribution is -2.72. The fraction of sp³-hybridized carbons (Fsp3) is 0.741. The van der Waals surface area contributed by atoms with Crippen LogP contribution < -0.4 is 16.4 Å². The smallest absolute Gasteiger partial charge is 0.259 e. The van der Waals surface area contributed by atoms with Crippen LogP contribution in [-0.4, -0.2) is 75.9 Å². The van der Waals surface area contributed by atoms with Crippen LogP contribution in [0.4, 0.5) is 10.2 Å². The molecule has 2 unspecified atom stereocenters. The molecule has 37 heavy (non-hydrogen) atoms. The minimum absolute atomic E-state index is 0.0617. The van der Waals surface area contributed by atoms with E-state index in [1.807, 2.05) is 0 Å². The predicted octanol–water partition coefficient (Wildman–Crippen LogP) is 2.90. The second kappa shape index (κ2) is 10.1. The number of nitrogen functional groups attached to an aromatic ring is 1. The molecule has 0 bridgehead atoms. The Balaban J connectivity index is 1.31. The van der Waals surface area contributed by atoms with Crippen molar-refractivity contribution < 1.29 is 13.9 Å². The van der Waals surface area contributed by atoms with E-state index in [2.05, 4.69) is 25.6 Å². The van der Waals surface area contributed by atoms with Gasteiger partial charge >= 0.3 is 0 Å². The van der Waals surface area contributed by atoms with E-state index >= 15 is 0 Å². The van der Waals surface area contributed by atoms with E-state index in [0.29, 0.717) is 5.41 Å². The topological polar surface area (TPSA) is 110 Å². The van der Waals surface area contributed by atoms with Crippen molar-refractivity contribution in [1.82, 2.24) is 30.1 Å². The molecule has 1 saturated carbocycles. The molecule has 5 heterocycles. The van der Waals surface area contributed by atoms with Crippen LogP contribution in [0.5, 0.6) is 0 Å². The van der Waals surface area contributed by atoms with E-state index in [0.717, 1.165) is 84.0 Å². The summed E-state index contributed by atoms with van der Waals surface area (Å²) in [6.45, 7) is 4.81. The van der Waals surface area contributed by atoms with Crippen LogP contribution in [0.2, 0.25) is 0 Å². The summed E-state index contributed by atoms with van der Waals surface area (Å²) in [5.74, 6) is -0.725. The maximum Gasteiger partial charge on any atom is 0.259 e. The predicted molar refractivity (Wildman–Crippen MR) is 139 cm³/mol. The fourth-order valence-electron chi connectivity index (χ4n) is 7.31. The first-order valence-electron chi connectivity index (χ1n) is 14.2. The van der Waals surface area contributed by atoms with Crippen molar-refractivity contribution >= 4 is 17.4 Å². The van der Waals surface area contributed by atoms with Gasteiger partial charge in [0.2, 0.25) is 0 Å². The minimum Gasteiger partial charge on any atom is -0.381 e. The number of nitrogens with two attached hydrogens (primary N) is 1. The number of amides is 1. The number of aromatic nitrogens is 3. The molecule has 2 atom stereocenters. The normalized spacial score (nSPS) is 28.4. The van der Waals surface area contributed by atoms with Crippen molar-refractivity contribution in [3.05, 3.63) is 23.8 Å². The minimum atomic E-state index is -0.525. The third-order valence-electron chi connectivity index (χ3n) is 9.52. The highest BCUT2D eigenvalue weighted by Gasteiger charge is 2.50. The van der Waals surface area contributed by atoms with Crippen LogP contribution in [-0.2, 0) is 4.74 Å². The lowest BCUT2D eigenvalue weighted by Gasteiger charge is -2.55. The number of hydrogen-bond donors (Lipinski definition) is 3. The first kappa shape index (κ1) is 25.0. The SMILES string of the molecule is Nc1nn2cc(F)cnc2c1C(=O)NC1C(N2CCC3(CC2)COC3)CCNC12CCCCCCCC2. The van der Waals surface area contributed by atoms with Gasteiger partial charge in [-0.1, -0.05) is 38.5 Å². The van der Waals surface area contributed by atoms with Crippen LogP contribution in [0.25, 0.3) is 5.65 Å². The van der Waals surface area contributed by atoms with Gasteiger partial charge in [0.1, 0.15) is 5.56 Å². The molecule has 1 amide bonds. The molecular formula is C27H40FN7O2. The van der Waals surface area contributed by atoms with Gasteiger partial charge in [-0.2, -0.15) is 0 Å². The highest BCUT2D eigenvalue weighted by molar-refractivity contribution is 6.04. The summed E-state index contributed by atoms with van der Waals surface area (Å²) in [7, 11) is 0. The van der Waals surface area contributed by atoms with Gasteiger partial charge in [-0.25, -0.2) is 13.9 Å². The first-order valence-corrected chi connectivity index (χ1v) is 14.2. The zero-order valence-corrected chi connectivity index (χ0v) is 21.7. The summed E-state index contributed by atoms with van der Waals surface area (Å²) >= 11 is 0. The number of fused-ring (bicyclic) bond motifs is 1. The number of carbonyl (C=O) groups is 1. The summed E-state index contributed by atoms with van der Waals surface area (Å²) in [4.78, 5) is 20.7. The maximum absolute atomic E-state index is 13.9. The molecule has 6 rings (SSSR count). The molecular weight excluding hydrogens is 473 g/mol. The Bertz CT molecular complexity index is 1110. The number of carbonyl (C=O) groups excluding carboxylic acids is 1. The van der Waals surface area contributed by atoms with Crippen molar-refractivity contribution in [2.24, 2.45) is 5.41 Å². The van der Waals surface area contributed by atoms with Crippen LogP contribution in [0, 0.1) is 11.2 Å². The summed E-state index contributed by atoms with van der Waals surface area (Å²) in [5.41, 5.74) is 6.90. The summed E-state index contributed by atoms with van der Waals surface area (Å²) in [5, 5.41) is 11.5. The molecule has 202 valence electrons. The molecule has 4 N–H and O–H groups in total. The number of nitrogens with one attached hydrogen (secondary N) is 2. The summed E-state index contributed by atoms with van der Waals surface area (Å²) in [6, 6.07) is 0.186. The third kappa shape index (κ3) is 4.72. The van der Waals surface area contributed by atoms with Crippen LogP contribution in [0.1, 0.15) is 81.0 Å². The van der Waals surface area contributed by atoms with Crippen molar-refractivity contribution in [2.75, 3.05) is 38.6 Å². The lowest BCUT2D eigenvalue weighted by atomic mass is 9.72. The zero-order valence-electron chi connectivity index (χ0n) is 21.7. The molecule has 4 aliphatic rings. The first-order chi connectivity index (χ1) is 18.0. The summed E-state index contributed by atoms with van der Waals surface area (Å²) < 4.78 is 20.6. The molecule has 9 nitrogen and oxygen atoms in total. The monoisotopic (exact) mass is 513 g/mol. The zero-order chi connectivity index (χ0) is 25.5. The molecule has 10 heteroatoms. The number of nitrogens with zero attached hydrogens (tertiary/aromatic N) is 4. The van der Waals surface area contributed by atoms with Gasteiger partial charge in [-0.15, -0.1) is 5.10 Å². The number of halogens is 1. The van der Waals surface area contributed by atoms with Gasteiger partial charge < -0.3 is 21.1 Å². The van der Waals surface area contributed by atoms with Gasteiger partial charge in [-0.3, -0.25) is 9.69 Å². The van der Waals surface area contributed by atoms with Crippen molar-refractivity contribution in [3.8, 4) is 0 Å². The molecule has 1 aliphatic carbocycles. The molecule has 2 aromatic heterocycles. The average Bonchev–Trinajstić information content (AvgIpc) is 3.25. The number of piperidine rings is 2. The highest BCUT2D eigenvalue weighted by Crippen LogP contribution is 2.41. The average molecular weight is 514 g/mol. The van der Waals surface area contributed by atoms with E-state index in [1.165, 1.54) is 36.4 Å². The van der Waals surface area contributed by atoms with E-state index in [9.17, 15) is 9.18 Å². The molecule has 0 aromatic carbocycles. The Labute approximate surface area is 217 Å². The van der Waals surface area contributed by atoms with Gasteiger partial charge in [0.15, 0.2) is 17.3 Å². The van der Waals surface area contributed by atoms with Gasteiger partial charge in [0.05, 0.1) is 31.6 Å². The Morgan fingerprint density at radius 2 is 1.81 bits per heavy atom. The maximum atomic E-state index is 13.9. The number of anilines is 1. The van der Waals surface area contributed by atoms with E-state index in [-0.39, 0.29) is 40.6 Å². The van der Waals surface area contributed by atoms with Crippen molar-refractivity contribution in [3.63, 3.8) is 0 Å². The highest BCUT2D eigenvalue weighted by atomic mass is 19.1. The van der Waals surface area contributed by atoms with E-state index in [4.69, 9.17) is 10.5 Å². The number of hydrogen-bond acceptors (Lipinski definition) is 7. The van der Waals surface area contributed by atoms with Gasteiger partial charge in [-0.05, 0) is 51.7 Å². The largest absolute Gasteiger partial charge is 0.381 e. The fourth-order valence-corrected chi connectivity index (χ4v) is 7.31. The second-order valence-electron chi connectivity index (χ2n) is 11.8. The van der Waals surface area contributed by atoms with Crippen LogP contribution in [0.15, 0.2) is 12.4 Å². The number of rotatable bonds is 3. The molecule has 2 aromatic rings. The quantitative estimate of drug-likeness (QED) is 0.579. The lowest BCUT2D eigenvalue weighted by molar-refractivity contribution is -0.145. The summed E-state index contributed by atoms with van der Waals surface area (Å²) in [6.07, 6.45) is 15.1. The molecule has 3 aliphatic heterocycles. The molecule has 3 saturated heterocycles. The Morgan fingerprint density at radius 1 is 1.11 bits per heavy atom. The second-order valence-corrected chi connectivity index (χ2v) is 11.8. The van der Waals surface area contributed by atoms with Crippen LogP contribution >= 0.6 is 0 Å².